The second kappa shape index (κ2) is 18.6. The lowest BCUT2D eigenvalue weighted by Crippen LogP contribution is -2.00. The summed E-state index contributed by atoms with van der Waals surface area (Å²) in [7, 11) is 1.33. The zero-order valence-electron chi connectivity index (χ0n) is 14.7. The third-order valence-corrected chi connectivity index (χ3v) is 2.16. The Morgan fingerprint density at radius 2 is 1.75 bits per heavy atom. The van der Waals surface area contributed by atoms with E-state index in [1.165, 1.54) is 13.2 Å². The molecule has 0 aliphatic rings. The van der Waals surface area contributed by atoms with E-state index in [1.54, 1.807) is 6.92 Å². The van der Waals surface area contributed by atoms with Gasteiger partial charge in [-0.05, 0) is 13.3 Å². The molecule has 0 unspecified atom stereocenters. The van der Waals surface area contributed by atoms with Crippen LogP contribution in [0.3, 0.4) is 0 Å². The molecule has 0 spiro atoms. The number of rotatable bonds is 8. The summed E-state index contributed by atoms with van der Waals surface area (Å²) in [6.07, 6.45) is 3.30. The molecule has 0 bridgehead atoms. The molecule has 0 saturated heterocycles. The molecule has 0 aliphatic heterocycles. The number of carboxylic acids is 1. The topological polar surface area (TPSA) is 110 Å². The van der Waals surface area contributed by atoms with E-state index in [9.17, 15) is 14.4 Å². The molecule has 2 N–H and O–H groups in total. The average molecular weight is 344 g/mol. The van der Waals surface area contributed by atoms with Crippen LogP contribution < -0.4 is 0 Å². The van der Waals surface area contributed by atoms with Crippen LogP contribution in [-0.2, 0) is 23.9 Å². The number of hydrogen-bond donors (Lipinski definition) is 2. The molecule has 7 heteroatoms. The SMILES string of the molecule is C=C(C)C(=O)OC.C=C(CCO)C(=O)O.C=CC(=O)OCCCC. The van der Waals surface area contributed by atoms with Gasteiger partial charge in [0, 0.05) is 30.2 Å². The molecule has 7 nitrogen and oxygen atoms in total. The van der Waals surface area contributed by atoms with Gasteiger partial charge in [0.1, 0.15) is 0 Å². The van der Waals surface area contributed by atoms with E-state index in [1.807, 2.05) is 6.92 Å². The molecule has 138 valence electrons. The van der Waals surface area contributed by atoms with Crippen LogP contribution in [-0.4, -0.2) is 48.4 Å². The Hall–Kier alpha value is -2.41. The summed E-state index contributed by atoms with van der Waals surface area (Å²) in [5.41, 5.74) is 0.481. The standard InChI is InChI=1S/C7H12O2.C5H8O3.C5H8O2/c1-3-5-6-9-7(8)4-2;1-4(2-3-6)5(7)8;1-4(2)5(6)7-3/h4H,2-3,5-6H2,1H3;6H,1-3H2,(H,7,8);1H2,2-3H3. The van der Waals surface area contributed by atoms with Crippen LogP contribution in [0, 0.1) is 0 Å². The van der Waals surface area contributed by atoms with E-state index >= 15 is 0 Å². The highest BCUT2D eigenvalue weighted by atomic mass is 16.5. The maximum Gasteiger partial charge on any atom is 0.332 e. The number of aliphatic hydroxyl groups is 1. The molecule has 0 amide bonds. The van der Waals surface area contributed by atoms with Crippen molar-refractivity contribution in [2.75, 3.05) is 20.3 Å². The molecule has 0 rings (SSSR count). The Morgan fingerprint density at radius 3 is 1.96 bits per heavy atom. The van der Waals surface area contributed by atoms with E-state index in [0.29, 0.717) is 12.2 Å². The molecule has 0 aliphatic carbocycles. The first-order chi connectivity index (χ1) is 11.2. The lowest BCUT2D eigenvalue weighted by molar-refractivity contribution is -0.138. The molecule has 0 heterocycles. The summed E-state index contributed by atoms with van der Waals surface area (Å²) < 4.78 is 8.95. The molecule has 0 atom stereocenters. The monoisotopic (exact) mass is 344 g/mol. The van der Waals surface area contributed by atoms with Gasteiger partial charge in [-0.2, -0.15) is 0 Å². The minimum absolute atomic E-state index is 0.0486. The molecule has 0 aromatic rings. The quantitative estimate of drug-likeness (QED) is 0.395. The summed E-state index contributed by atoms with van der Waals surface area (Å²) in [6.45, 7) is 13.8. The Morgan fingerprint density at radius 1 is 1.21 bits per heavy atom. The molecular formula is C17H28O7. The minimum Gasteiger partial charge on any atom is -0.478 e. The van der Waals surface area contributed by atoms with Crippen LogP contribution in [0.15, 0.2) is 37.0 Å². The summed E-state index contributed by atoms with van der Waals surface area (Å²) in [5.74, 6) is -1.72. The lowest BCUT2D eigenvalue weighted by Gasteiger charge is -1.97. The number of hydrogen-bond acceptors (Lipinski definition) is 6. The fraction of sp³-hybridized carbons (Fsp3) is 0.471. The van der Waals surface area contributed by atoms with Crippen molar-refractivity contribution < 1.29 is 34.1 Å². The first-order valence-electron chi connectivity index (χ1n) is 7.22. The summed E-state index contributed by atoms with van der Waals surface area (Å²) in [5, 5.41) is 16.3. The largest absolute Gasteiger partial charge is 0.478 e. The third-order valence-electron chi connectivity index (χ3n) is 2.16. The molecule has 0 radical (unpaired) electrons. The van der Waals surface area contributed by atoms with Gasteiger partial charge in [-0.25, -0.2) is 14.4 Å². The van der Waals surface area contributed by atoms with Gasteiger partial charge in [-0.3, -0.25) is 0 Å². The molecule has 0 fully saturated rings. The number of carbonyl (C=O) groups excluding carboxylic acids is 2. The van der Waals surface area contributed by atoms with Gasteiger partial charge in [-0.1, -0.05) is 33.1 Å². The fourth-order valence-corrected chi connectivity index (χ4v) is 0.792. The summed E-state index contributed by atoms with van der Waals surface area (Å²) in [6, 6.07) is 0. The molecular weight excluding hydrogens is 316 g/mol. The first-order valence-corrected chi connectivity index (χ1v) is 7.22. The number of unbranched alkanes of at least 4 members (excludes halogenated alkanes) is 1. The number of carbonyl (C=O) groups is 3. The summed E-state index contributed by atoms with van der Waals surface area (Å²) >= 11 is 0. The highest BCUT2D eigenvalue weighted by Gasteiger charge is 2.00. The average Bonchev–Trinajstić information content (AvgIpc) is 2.55. The molecule has 0 aromatic heterocycles. The smallest absolute Gasteiger partial charge is 0.332 e. The van der Waals surface area contributed by atoms with Crippen molar-refractivity contribution in [1.29, 1.82) is 0 Å². The van der Waals surface area contributed by atoms with E-state index in [4.69, 9.17) is 10.2 Å². The minimum atomic E-state index is -1.04. The zero-order valence-corrected chi connectivity index (χ0v) is 14.7. The second-order valence-corrected chi connectivity index (χ2v) is 4.38. The number of ether oxygens (including phenoxy) is 2. The predicted octanol–water partition coefficient (Wildman–Crippen LogP) is 2.26. The number of aliphatic carboxylic acids is 1. The van der Waals surface area contributed by atoms with Crippen LogP contribution in [0.25, 0.3) is 0 Å². The molecule has 0 saturated carbocycles. The van der Waals surface area contributed by atoms with Crippen LogP contribution in [0.5, 0.6) is 0 Å². The van der Waals surface area contributed by atoms with Gasteiger partial charge in [0.15, 0.2) is 0 Å². The normalized spacial score (nSPS) is 8.33. The number of aliphatic hydroxyl groups excluding tert-OH is 1. The van der Waals surface area contributed by atoms with Crippen LogP contribution in [0.1, 0.15) is 33.1 Å². The number of carboxylic acid groups (broad SMARTS) is 1. The molecule has 24 heavy (non-hydrogen) atoms. The van der Waals surface area contributed by atoms with Gasteiger partial charge in [0.05, 0.1) is 13.7 Å². The van der Waals surface area contributed by atoms with E-state index in [2.05, 4.69) is 29.2 Å². The van der Waals surface area contributed by atoms with Crippen LogP contribution in [0.4, 0.5) is 0 Å². The fourth-order valence-electron chi connectivity index (χ4n) is 0.792. The third kappa shape index (κ3) is 21.9. The van der Waals surface area contributed by atoms with Gasteiger partial charge in [-0.15, -0.1) is 0 Å². The maximum absolute atomic E-state index is 10.3. The maximum atomic E-state index is 10.3. The molecule has 0 aromatic carbocycles. The highest BCUT2D eigenvalue weighted by Crippen LogP contribution is 1.94. The van der Waals surface area contributed by atoms with E-state index in [-0.39, 0.29) is 30.5 Å². The Bertz CT molecular complexity index is 425. The van der Waals surface area contributed by atoms with Crippen molar-refractivity contribution in [1.82, 2.24) is 0 Å². The van der Waals surface area contributed by atoms with Crippen molar-refractivity contribution in [2.24, 2.45) is 0 Å². The van der Waals surface area contributed by atoms with Crippen molar-refractivity contribution >= 4 is 17.9 Å². The highest BCUT2D eigenvalue weighted by molar-refractivity contribution is 5.86. The van der Waals surface area contributed by atoms with Crippen molar-refractivity contribution in [3.8, 4) is 0 Å². The van der Waals surface area contributed by atoms with Gasteiger partial charge >= 0.3 is 17.9 Å². The van der Waals surface area contributed by atoms with Gasteiger partial charge in [0.25, 0.3) is 0 Å². The Labute approximate surface area is 143 Å². The van der Waals surface area contributed by atoms with E-state index < -0.39 is 5.97 Å². The van der Waals surface area contributed by atoms with Crippen molar-refractivity contribution in [2.45, 2.75) is 33.1 Å². The van der Waals surface area contributed by atoms with Crippen LogP contribution in [0.2, 0.25) is 0 Å². The number of methoxy groups -OCH3 is 1. The Kier molecular flexibility index (Phi) is 20.6. The van der Waals surface area contributed by atoms with Gasteiger partial charge in [0.2, 0.25) is 0 Å². The van der Waals surface area contributed by atoms with Gasteiger partial charge < -0.3 is 19.7 Å². The first kappa shape index (κ1) is 26.5. The lowest BCUT2D eigenvalue weighted by atomic mass is 10.2. The predicted molar refractivity (Wildman–Crippen MR) is 91.4 cm³/mol. The second-order valence-electron chi connectivity index (χ2n) is 4.38. The summed E-state index contributed by atoms with van der Waals surface area (Å²) in [4.78, 5) is 30.4. The van der Waals surface area contributed by atoms with E-state index in [0.717, 1.165) is 12.8 Å². The van der Waals surface area contributed by atoms with Crippen LogP contribution >= 0.6 is 0 Å². The van der Waals surface area contributed by atoms with Crippen molar-refractivity contribution in [3.63, 3.8) is 0 Å². The Balaban J connectivity index is -0.000000278. The number of esters is 2. The zero-order chi connectivity index (χ0) is 19.5. The van der Waals surface area contributed by atoms with Crippen molar-refractivity contribution in [3.05, 3.63) is 37.0 Å².